The summed E-state index contributed by atoms with van der Waals surface area (Å²) < 4.78 is 19.6. The largest absolute Gasteiger partial charge is 0.497 e. The van der Waals surface area contributed by atoms with Crippen LogP contribution >= 0.6 is 23.1 Å². The van der Waals surface area contributed by atoms with Gasteiger partial charge < -0.3 is 15.8 Å². The molecule has 0 aliphatic carbocycles. The number of nitrogens with one attached hydrogen (secondary N) is 1. The van der Waals surface area contributed by atoms with Gasteiger partial charge in [-0.3, -0.25) is 23.7 Å². The highest BCUT2D eigenvalue weighted by molar-refractivity contribution is 8.00. The fourth-order valence-corrected chi connectivity index (χ4v) is 7.29. The van der Waals surface area contributed by atoms with E-state index in [1.807, 2.05) is 0 Å². The molecule has 0 saturated carbocycles. The van der Waals surface area contributed by atoms with Crippen molar-refractivity contribution >= 4 is 52.5 Å². The minimum atomic E-state index is -1.17. The standard InChI is InChI=1S/C24H19FN4O6S2/c1-35-14-8-2-11(3-9-14)16-17-18(21(32)29(20(17)31)23(26)33)36-22-19(16)37-24(34)28(22)10-15(30)27-13-6-4-12(25)5-7-13/h2-9,16-18H,10H2,1H3,(H2,26,33)(H,27,30). The Morgan fingerprint density at radius 2 is 1.73 bits per heavy atom. The first-order valence-electron chi connectivity index (χ1n) is 11.0. The van der Waals surface area contributed by atoms with Crippen LogP contribution in [0.2, 0.25) is 0 Å². The van der Waals surface area contributed by atoms with Crippen molar-refractivity contribution in [2.75, 3.05) is 12.4 Å². The molecule has 0 spiro atoms. The summed E-state index contributed by atoms with van der Waals surface area (Å²) in [7, 11) is 1.51. The van der Waals surface area contributed by atoms with Gasteiger partial charge in [-0.25, -0.2) is 9.18 Å². The van der Waals surface area contributed by atoms with Crippen molar-refractivity contribution in [3.05, 3.63) is 74.5 Å². The topological polar surface area (TPSA) is 141 Å². The van der Waals surface area contributed by atoms with Crippen LogP contribution in [0.3, 0.4) is 0 Å². The number of halogens is 1. The van der Waals surface area contributed by atoms with Crippen LogP contribution in [0.5, 0.6) is 5.75 Å². The molecule has 2 aromatic carbocycles. The number of ether oxygens (including phenoxy) is 1. The second-order valence-electron chi connectivity index (χ2n) is 8.34. The Labute approximate surface area is 217 Å². The first-order valence-corrected chi connectivity index (χ1v) is 12.7. The third-order valence-corrected chi connectivity index (χ3v) is 8.78. The Balaban J connectivity index is 1.55. The molecule has 5 rings (SSSR count). The lowest BCUT2D eigenvalue weighted by Gasteiger charge is -2.30. The van der Waals surface area contributed by atoms with E-state index in [1.54, 1.807) is 24.3 Å². The van der Waals surface area contributed by atoms with E-state index < -0.39 is 51.5 Å². The van der Waals surface area contributed by atoms with Gasteiger partial charge in [-0.15, -0.1) is 0 Å². The third-order valence-electron chi connectivity index (χ3n) is 6.17. The predicted octanol–water partition coefficient (Wildman–Crippen LogP) is 2.37. The van der Waals surface area contributed by atoms with Crippen LogP contribution in [0.25, 0.3) is 0 Å². The number of primary amides is 1. The third kappa shape index (κ3) is 4.29. The Bertz CT molecular complexity index is 1480. The van der Waals surface area contributed by atoms with Crippen molar-refractivity contribution < 1.29 is 28.3 Å². The maximum atomic E-state index is 13.2. The number of benzene rings is 2. The number of likely N-dealkylation sites (tertiary alicyclic amines) is 1. The van der Waals surface area contributed by atoms with Crippen LogP contribution in [0, 0.1) is 11.7 Å². The molecule has 190 valence electrons. The van der Waals surface area contributed by atoms with E-state index in [9.17, 15) is 28.4 Å². The average Bonchev–Trinajstić information content (AvgIpc) is 3.31. The first-order chi connectivity index (χ1) is 17.7. The molecule has 3 unspecified atom stereocenters. The molecular weight excluding hydrogens is 523 g/mol. The highest BCUT2D eigenvalue weighted by atomic mass is 32.2. The average molecular weight is 543 g/mol. The van der Waals surface area contributed by atoms with E-state index in [2.05, 4.69) is 5.32 Å². The number of carbonyl (C=O) groups is 4. The lowest BCUT2D eigenvalue weighted by atomic mass is 9.83. The highest BCUT2D eigenvalue weighted by Crippen LogP contribution is 2.53. The van der Waals surface area contributed by atoms with E-state index in [-0.39, 0.29) is 6.54 Å². The van der Waals surface area contributed by atoms with Crippen LogP contribution < -0.4 is 20.7 Å². The molecule has 3 heterocycles. The molecule has 3 atom stereocenters. The number of hydrogen-bond donors (Lipinski definition) is 2. The first kappa shape index (κ1) is 24.7. The molecule has 1 fully saturated rings. The lowest BCUT2D eigenvalue weighted by Crippen LogP contribution is -2.41. The van der Waals surface area contributed by atoms with Gasteiger partial charge in [-0.05, 0) is 42.0 Å². The lowest BCUT2D eigenvalue weighted by molar-refractivity contribution is -0.135. The van der Waals surface area contributed by atoms with Crippen molar-refractivity contribution in [2.24, 2.45) is 11.7 Å². The van der Waals surface area contributed by atoms with Gasteiger partial charge in [0.05, 0.1) is 18.1 Å². The summed E-state index contributed by atoms with van der Waals surface area (Å²) in [6.45, 7) is -0.372. The SMILES string of the molecule is COc1ccc(C2c3sc(=O)n(CC(=O)Nc4ccc(F)cc4)c3SC3C(=O)N(C(N)=O)C(=O)C32)cc1. The highest BCUT2D eigenvalue weighted by Gasteiger charge is 2.57. The number of methoxy groups -OCH3 is 1. The summed E-state index contributed by atoms with van der Waals surface area (Å²) >= 11 is 1.83. The molecule has 0 bridgehead atoms. The number of hydrogen-bond acceptors (Lipinski definition) is 8. The normalized spacial score (nSPS) is 20.4. The molecule has 0 radical (unpaired) electrons. The van der Waals surface area contributed by atoms with E-state index in [0.29, 0.717) is 31.8 Å². The molecule has 3 aromatic rings. The van der Waals surface area contributed by atoms with E-state index in [4.69, 9.17) is 10.5 Å². The van der Waals surface area contributed by atoms with Crippen molar-refractivity contribution in [1.82, 2.24) is 9.47 Å². The van der Waals surface area contributed by atoms with Crippen LogP contribution in [-0.4, -0.2) is 45.6 Å². The molecular formula is C24H19FN4O6S2. The van der Waals surface area contributed by atoms with E-state index >= 15 is 0 Å². The predicted molar refractivity (Wildman–Crippen MR) is 133 cm³/mol. The van der Waals surface area contributed by atoms with Gasteiger partial charge >= 0.3 is 10.9 Å². The molecule has 1 saturated heterocycles. The summed E-state index contributed by atoms with van der Waals surface area (Å²) in [5.41, 5.74) is 6.31. The monoisotopic (exact) mass is 542 g/mol. The number of thiazole rings is 1. The number of aromatic nitrogens is 1. The van der Waals surface area contributed by atoms with E-state index in [0.717, 1.165) is 23.1 Å². The summed E-state index contributed by atoms with van der Waals surface area (Å²) in [6.07, 6.45) is 0. The number of amides is 5. The summed E-state index contributed by atoms with van der Waals surface area (Å²) in [6, 6.07) is 10.8. The Morgan fingerprint density at radius 1 is 1.05 bits per heavy atom. The van der Waals surface area contributed by atoms with Crippen LogP contribution in [0.1, 0.15) is 16.4 Å². The van der Waals surface area contributed by atoms with Crippen LogP contribution in [-0.2, 0) is 20.9 Å². The van der Waals surface area contributed by atoms with Crippen molar-refractivity contribution in [3.63, 3.8) is 0 Å². The quantitative estimate of drug-likeness (QED) is 0.472. The Hall–Kier alpha value is -3.97. The maximum absolute atomic E-state index is 13.2. The minimum absolute atomic E-state index is 0.348. The number of anilines is 1. The van der Waals surface area contributed by atoms with Gasteiger partial charge in [0.25, 0.3) is 5.91 Å². The molecule has 5 amide bonds. The molecule has 13 heteroatoms. The zero-order valence-corrected chi connectivity index (χ0v) is 20.8. The molecule has 1 aromatic heterocycles. The van der Waals surface area contributed by atoms with Gasteiger partial charge in [0.1, 0.15) is 23.4 Å². The van der Waals surface area contributed by atoms with E-state index in [1.165, 1.54) is 35.9 Å². The number of nitrogens with two attached hydrogens (primary N) is 1. The molecule has 2 aliphatic heterocycles. The minimum Gasteiger partial charge on any atom is -0.497 e. The van der Waals surface area contributed by atoms with Crippen molar-refractivity contribution in [2.45, 2.75) is 22.7 Å². The van der Waals surface area contributed by atoms with Gasteiger partial charge in [-0.2, -0.15) is 4.90 Å². The van der Waals surface area contributed by atoms with Gasteiger partial charge in [0, 0.05) is 16.5 Å². The summed E-state index contributed by atoms with van der Waals surface area (Å²) in [5, 5.41) is 1.95. The van der Waals surface area contributed by atoms with Gasteiger partial charge in [0.2, 0.25) is 11.8 Å². The molecule has 2 aliphatic rings. The number of nitrogens with zero attached hydrogens (tertiary/aromatic N) is 2. The number of thioether (sulfide) groups is 1. The zero-order chi connectivity index (χ0) is 26.4. The fourth-order valence-electron chi connectivity index (χ4n) is 4.52. The number of fused-ring (bicyclic) bond motifs is 2. The molecule has 10 nitrogen and oxygen atoms in total. The second kappa shape index (κ2) is 9.48. The molecule has 37 heavy (non-hydrogen) atoms. The van der Waals surface area contributed by atoms with Gasteiger partial charge in [-0.1, -0.05) is 35.2 Å². The Morgan fingerprint density at radius 3 is 2.35 bits per heavy atom. The zero-order valence-electron chi connectivity index (χ0n) is 19.2. The molecule has 3 N–H and O–H groups in total. The van der Waals surface area contributed by atoms with Crippen LogP contribution in [0.15, 0.2) is 58.4 Å². The number of rotatable bonds is 5. The summed E-state index contributed by atoms with van der Waals surface area (Å²) in [5.74, 6) is -3.62. The Kier molecular flexibility index (Phi) is 6.33. The smallest absolute Gasteiger partial charge is 0.328 e. The number of urea groups is 1. The summed E-state index contributed by atoms with van der Waals surface area (Å²) in [4.78, 5) is 64.4. The maximum Gasteiger partial charge on any atom is 0.328 e. The fraction of sp³-hybridized carbons (Fsp3) is 0.208. The number of carbonyl (C=O) groups excluding carboxylic acids is 4. The van der Waals surface area contributed by atoms with Crippen LogP contribution in [0.4, 0.5) is 14.9 Å². The second-order valence-corrected chi connectivity index (χ2v) is 10.5. The van der Waals surface area contributed by atoms with Crippen molar-refractivity contribution in [1.29, 1.82) is 0 Å². The number of imide groups is 3. The van der Waals surface area contributed by atoms with Gasteiger partial charge in [0.15, 0.2) is 0 Å². The van der Waals surface area contributed by atoms with Crippen molar-refractivity contribution in [3.8, 4) is 5.75 Å².